The third-order valence-electron chi connectivity index (χ3n) is 20.5. The van der Waals surface area contributed by atoms with Crippen LogP contribution in [-0.4, -0.2) is 127 Å². The Kier molecular flexibility index (Phi) is 23.0. The molecule has 1 unspecified atom stereocenters. The zero-order valence-electron chi connectivity index (χ0n) is 54.4. The molecule has 0 aliphatic carbocycles. The van der Waals surface area contributed by atoms with Gasteiger partial charge >= 0.3 is 16.8 Å². The third kappa shape index (κ3) is 14.6. The SMILES string of the molecule is C/C1=C2N=C(/C=C3N=C(/C(C)=C4\[N-][C@@](C)([C@H]5N=C1[C@@](C)(CCC(=O)NC[C@H](C)OP(=O)([O-])O[C@@H]1[C@H](O)[C@H](n6cnc7cc(C)c(C)cc76)O[C@@H]1CO)[C@@H]5CC(N)=O)[C@](C)(CC(N)=O)[C@H]4CCC(N)=O)[C@@](C)(CC(N)=O)[C@@H]\3CCC(N)=O)C(C)(C)[C@@H]/2CCC(N)=O.[C-]#N.[Co+3]. The van der Waals surface area contributed by atoms with Crippen LogP contribution in [0, 0.1) is 71.0 Å². The van der Waals surface area contributed by atoms with Gasteiger partial charge in [0.05, 0.1) is 30.1 Å². The number of aliphatic hydroxyl groups is 2. The molecule has 1 aromatic carbocycles. The van der Waals surface area contributed by atoms with E-state index in [2.05, 4.69) is 10.3 Å². The van der Waals surface area contributed by atoms with Crippen LogP contribution in [0.3, 0.4) is 0 Å². The number of aryl methyl sites for hydroxylation is 2. The number of carbonyl (C=O) groups excluding carboxylic acids is 7. The Morgan fingerprint density at radius 3 is 1.96 bits per heavy atom. The molecule has 30 heteroatoms. The summed E-state index contributed by atoms with van der Waals surface area (Å²) in [5.41, 5.74) is 36.7. The van der Waals surface area contributed by atoms with Crippen LogP contribution in [-0.2, 0) is 68.7 Å². The topological polar surface area (TPSA) is 489 Å². The van der Waals surface area contributed by atoms with E-state index in [-0.39, 0.29) is 94.0 Å². The molecular formula is C63H88CoN14O14P. The van der Waals surface area contributed by atoms with Gasteiger partial charge in [0.15, 0.2) is 6.23 Å². The molecule has 2 fully saturated rings. The number of phosphoric ester groups is 1. The second-order valence-electron chi connectivity index (χ2n) is 27.0. The van der Waals surface area contributed by atoms with Crippen molar-refractivity contribution in [2.45, 2.75) is 189 Å². The number of fused-ring (bicyclic) bond motifs is 7. The number of aromatic nitrogens is 2. The van der Waals surface area contributed by atoms with Crippen molar-refractivity contribution >= 4 is 77.3 Å². The number of imidazole rings is 1. The van der Waals surface area contributed by atoms with Crippen molar-refractivity contribution in [3.05, 3.63) is 75.8 Å². The minimum absolute atomic E-state index is 0. The van der Waals surface area contributed by atoms with Gasteiger partial charge in [-0.05, 0) is 118 Å². The van der Waals surface area contributed by atoms with Crippen molar-refractivity contribution in [1.82, 2.24) is 14.9 Å². The van der Waals surface area contributed by atoms with E-state index < -0.39 is 143 Å². The maximum absolute atomic E-state index is 14.4. The molecule has 7 heterocycles. The maximum atomic E-state index is 14.4. The number of benzene rings is 1. The smallest absolute Gasteiger partial charge is 0.756 e. The van der Waals surface area contributed by atoms with E-state index >= 15 is 0 Å². The third-order valence-corrected chi connectivity index (χ3v) is 21.6. The number of aliphatic imine (C=N–C) groups is 3. The summed E-state index contributed by atoms with van der Waals surface area (Å²) >= 11 is 0. The number of phosphoric acid groups is 1. The summed E-state index contributed by atoms with van der Waals surface area (Å²) in [4.78, 5) is 128. The number of carbonyl (C=O) groups is 7. The van der Waals surface area contributed by atoms with Crippen LogP contribution in [0.1, 0.15) is 150 Å². The monoisotopic (exact) mass is 1350 g/mol. The first-order valence-electron chi connectivity index (χ1n) is 30.7. The molecule has 2 aromatic rings. The minimum atomic E-state index is -5.32. The molecule has 7 amide bonds. The zero-order chi connectivity index (χ0) is 68.7. The van der Waals surface area contributed by atoms with Gasteiger partial charge in [-0.1, -0.05) is 47.1 Å². The summed E-state index contributed by atoms with van der Waals surface area (Å²) in [5.74, 6) is -7.40. The molecule has 8 rings (SSSR count). The number of primary amides is 6. The minimum Gasteiger partial charge on any atom is -0.756 e. The van der Waals surface area contributed by atoms with E-state index in [1.807, 2.05) is 80.5 Å². The average molecular weight is 1360 g/mol. The van der Waals surface area contributed by atoms with E-state index in [4.69, 9.17) is 80.3 Å². The Balaban J connectivity index is 0.00000453. The van der Waals surface area contributed by atoms with Crippen LogP contribution in [0.4, 0.5) is 0 Å². The molecule has 0 saturated carbocycles. The molecule has 15 N–H and O–H groups in total. The summed E-state index contributed by atoms with van der Waals surface area (Å²) < 4.78 is 31.9. The number of allylic oxidation sites excluding steroid dienone is 6. The first-order valence-corrected chi connectivity index (χ1v) is 32.2. The fourth-order valence-electron chi connectivity index (χ4n) is 15.3. The largest absolute Gasteiger partial charge is 3.00 e. The van der Waals surface area contributed by atoms with Crippen molar-refractivity contribution in [3.63, 3.8) is 0 Å². The first-order chi connectivity index (χ1) is 42.8. The summed E-state index contributed by atoms with van der Waals surface area (Å²) in [5, 5.41) is 36.4. The Morgan fingerprint density at radius 1 is 0.806 bits per heavy atom. The predicted octanol–water partition coefficient (Wildman–Crippen LogP) is 3.41. The number of hydrogen-bond acceptors (Lipinski definition) is 19. The van der Waals surface area contributed by atoms with Gasteiger partial charge in [0.1, 0.15) is 18.3 Å². The van der Waals surface area contributed by atoms with Crippen LogP contribution in [0.15, 0.2) is 67.8 Å². The Bertz CT molecular complexity index is 3600. The van der Waals surface area contributed by atoms with Gasteiger partial charge < -0.3 is 90.3 Å². The molecule has 15 atom stereocenters. The average Bonchev–Trinajstić information content (AvgIpc) is 1.53. The zero-order valence-corrected chi connectivity index (χ0v) is 56.4. The number of amides is 7. The van der Waals surface area contributed by atoms with Crippen molar-refractivity contribution in [2.24, 2.45) is 94.7 Å². The molecule has 0 radical (unpaired) electrons. The van der Waals surface area contributed by atoms with E-state index in [1.165, 1.54) is 17.8 Å². The number of hydrogen-bond donors (Lipinski definition) is 9. The van der Waals surface area contributed by atoms with Gasteiger partial charge in [0, 0.05) is 114 Å². The van der Waals surface area contributed by atoms with Gasteiger partial charge in [0.2, 0.25) is 41.4 Å². The quantitative estimate of drug-likeness (QED) is 0.0481. The number of nitrogens with two attached hydrogens (primary N) is 6. The second kappa shape index (κ2) is 28.5. The number of nitrogens with zero attached hydrogens (tertiary/aromatic N) is 7. The fraction of sp³-hybridized carbons (Fsp3) is 0.619. The molecule has 6 aliphatic heterocycles. The molecule has 2 saturated heterocycles. The van der Waals surface area contributed by atoms with Crippen LogP contribution in [0.2, 0.25) is 0 Å². The van der Waals surface area contributed by atoms with Gasteiger partial charge in [-0.25, -0.2) is 4.98 Å². The number of rotatable bonds is 26. The molecule has 8 bridgehead atoms. The summed E-state index contributed by atoms with van der Waals surface area (Å²) in [6, 6.07) is 2.65. The Morgan fingerprint density at radius 2 is 1.39 bits per heavy atom. The van der Waals surface area contributed by atoms with Crippen molar-refractivity contribution < 1.29 is 83.8 Å². The van der Waals surface area contributed by atoms with Crippen LogP contribution < -0.4 is 44.6 Å². The van der Waals surface area contributed by atoms with Crippen LogP contribution in [0.5, 0.6) is 0 Å². The van der Waals surface area contributed by atoms with Crippen molar-refractivity contribution in [2.75, 3.05) is 13.2 Å². The predicted molar refractivity (Wildman–Crippen MR) is 337 cm³/mol. The number of ether oxygens (including phenoxy) is 1. The molecular weight excluding hydrogens is 1270 g/mol. The summed E-state index contributed by atoms with van der Waals surface area (Å²) in [6.45, 7) is 23.7. The summed E-state index contributed by atoms with van der Waals surface area (Å²) in [6.07, 6.45) is -4.79. The van der Waals surface area contributed by atoms with E-state index in [0.717, 1.165) is 11.1 Å². The molecule has 0 spiro atoms. The summed E-state index contributed by atoms with van der Waals surface area (Å²) in [7, 11) is -5.32. The number of nitrogens with one attached hydrogen (secondary N) is 1. The van der Waals surface area contributed by atoms with Gasteiger partial charge in [-0.3, -0.25) is 53.1 Å². The Hall–Kier alpha value is -7.00. The van der Waals surface area contributed by atoms with Gasteiger partial charge in [-0.2, -0.15) is 5.70 Å². The molecule has 28 nitrogen and oxygen atoms in total. The van der Waals surface area contributed by atoms with Crippen LogP contribution in [0.25, 0.3) is 16.4 Å². The second-order valence-corrected chi connectivity index (χ2v) is 28.3. The number of aliphatic hydroxyl groups excluding tert-OH is 2. The van der Waals surface area contributed by atoms with E-state index in [1.54, 1.807) is 6.92 Å². The van der Waals surface area contributed by atoms with Gasteiger partial charge in [-0.15, -0.1) is 0 Å². The van der Waals surface area contributed by atoms with E-state index in [0.29, 0.717) is 56.4 Å². The fourth-order valence-corrected chi connectivity index (χ4v) is 16.4. The maximum Gasteiger partial charge on any atom is 3.00 e. The van der Waals surface area contributed by atoms with Crippen molar-refractivity contribution in [1.29, 1.82) is 5.26 Å². The molecule has 6 aliphatic rings. The van der Waals surface area contributed by atoms with E-state index in [9.17, 15) is 53.2 Å². The Labute approximate surface area is 551 Å². The van der Waals surface area contributed by atoms with Crippen LogP contribution >= 0.6 is 7.82 Å². The van der Waals surface area contributed by atoms with Crippen molar-refractivity contribution in [3.8, 4) is 0 Å². The van der Waals surface area contributed by atoms with Gasteiger partial charge in [0.25, 0.3) is 7.82 Å². The molecule has 1 aromatic heterocycles. The standard InChI is InChI=1S/C62H90N13O14P.CN.Co/c1-29-20-39-40(21-30(29)2)75(28-70-39)57-52(84)53(41(27-76)87-57)89-90(85,86)88-31(3)26-69-49(83)18-19-59(8)37(22-46(66)80)56-62(11)61(10,25-48(68)82)36(14-17-45(65)79)51(74-62)33(5)55-60(9,24-47(67)81)34(12-15-43(63)77)38(71-55)23-42-58(6,7)35(13-16-44(64)78)50(72-42)32(4)54(59)73-56;1-2;/h20-21,23,28,31,34-37,41,52-53,56-57,76,84H,12-19,22,24-27H2,1-11H3,(H15,63,64,65,66,67,68,69,71,72,73,74,77,78,79,80,81,82,83,85,86);;/q;-1;+3/p-2/t31-,34+,35+,36-,37+,41+,52-,53-,56-,57+,59-,60-,61+,62-;;/m0../s1. The molecule has 508 valence electrons. The normalized spacial score (nSPS) is 33.1. The molecule has 93 heavy (non-hydrogen) atoms. The first kappa shape index (κ1) is 75.0.